The minimum atomic E-state index is -3.60. The lowest BCUT2D eigenvalue weighted by atomic mass is 10.0. The van der Waals surface area contributed by atoms with Crippen LogP contribution in [0.25, 0.3) is 0 Å². The molecule has 1 heterocycles. The fourth-order valence-electron chi connectivity index (χ4n) is 3.05. The lowest BCUT2D eigenvalue weighted by molar-refractivity contribution is -0.0842. The van der Waals surface area contributed by atoms with Gasteiger partial charge in [0.1, 0.15) is 0 Å². The summed E-state index contributed by atoms with van der Waals surface area (Å²) in [5.74, 6) is 0. The van der Waals surface area contributed by atoms with Crippen molar-refractivity contribution < 1.29 is 16.8 Å². The monoisotopic (exact) mass is 348 g/mol. The molecule has 0 spiro atoms. The fourth-order valence-corrected chi connectivity index (χ4v) is 3.78. The Morgan fingerprint density at radius 2 is 0.957 bits per heavy atom. The summed E-state index contributed by atoms with van der Waals surface area (Å²) in [7, 11) is -3.60. The molecule has 1 saturated heterocycles. The van der Waals surface area contributed by atoms with Gasteiger partial charge < -0.3 is 0 Å². The lowest BCUT2D eigenvalue weighted by Gasteiger charge is -2.24. The van der Waals surface area contributed by atoms with Gasteiger partial charge in [0.25, 0.3) is 0 Å². The van der Waals surface area contributed by atoms with E-state index in [2.05, 4.69) is 15.3 Å². The Morgan fingerprint density at radius 1 is 0.609 bits per heavy atom. The zero-order valence-electron chi connectivity index (χ0n) is 14.9. The highest BCUT2D eigenvalue weighted by atomic mass is 32.3. The van der Waals surface area contributed by atoms with Gasteiger partial charge >= 0.3 is 10.4 Å². The maximum atomic E-state index is 10.6. The number of hydrogen-bond donors (Lipinski definition) is 0. The van der Waals surface area contributed by atoms with Gasteiger partial charge in [-0.15, -0.1) is 0 Å². The van der Waals surface area contributed by atoms with E-state index in [9.17, 15) is 8.42 Å². The summed E-state index contributed by atoms with van der Waals surface area (Å²) in [6, 6.07) is 0. The van der Waals surface area contributed by atoms with E-state index < -0.39 is 16.7 Å². The van der Waals surface area contributed by atoms with Crippen LogP contribution in [0, 0.1) is 0 Å². The highest BCUT2D eigenvalue weighted by Gasteiger charge is 2.35. The molecule has 0 aliphatic carbocycles. The molecule has 0 aromatic heterocycles. The van der Waals surface area contributed by atoms with Gasteiger partial charge in [-0.3, -0.25) is 0 Å². The zero-order chi connectivity index (χ0) is 16.8. The smallest absolute Gasteiger partial charge is 0.215 e. The van der Waals surface area contributed by atoms with Gasteiger partial charge in [0.2, 0.25) is 0 Å². The van der Waals surface area contributed by atoms with E-state index >= 15 is 0 Å². The van der Waals surface area contributed by atoms with Crippen molar-refractivity contribution in [2.75, 3.05) is 0 Å². The molecule has 0 aromatic rings. The van der Waals surface area contributed by atoms with Crippen molar-refractivity contribution in [3.8, 4) is 0 Å². The van der Waals surface area contributed by atoms with Crippen molar-refractivity contribution in [2.24, 2.45) is 0 Å². The maximum absolute atomic E-state index is 10.6. The van der Waals surface area contributed by atoms with Crippen LogP contribution in [0.2, 0.25) is 0 Å². The van der Waals surface area contributed by atoms with E-state index in [1.165, 1.54) is 83.5 Å². The van der Waals surface area contributed by atoms with Crippen molar-refractivity contribution in [3.05, 3.63) is 0 Å². The molecule has 0 unspecified atom stereocenters. The first-order valence-electron chi connectivity index (χ1n) is 9.75. The molecule has 1 fully saturated rings. The van der Waals surface area contributed by atoms with Gasteiger partial charge in [-0.25, -0.2) is 8.37 Å². The molecule has 1 aliphatic rings. The molecule has 1 aliphatic heterocycles. The van der Waals surface area contributed by atoms with Gasteiger partial charge in [-0.1, -0.05) is 96.8 Å². The number of hydrogen-bond acceptors (Lipinski definition) is 4. The fraction of sp³-hybridized carbons (Fsp3) is 1.00. The quantitative estimate of drug-likeness (QED) is 0.327. The third kappa shape index (κ3) is 12.0. The second-order valence-electron chi connectivity index (χ2n) is 6.77. The Balaban J connectivity index is 1.67. The van der Waals surface area contributed by atoms with Crippen molar-refractivity contribution >= 4 is 10.4 Å². The Labute approximate surface area is 143 Å². The predicted molar refractivity (Wildman–Crippen MR) is 94.4 cm³/mol. The SMILES string of the molecule is CCCCCCCCCCCCCCCCCC1OS(=O)(=O)O1. The molecule has 23 heavy (non-hydrogen) atoms. The second-order valence-corrected chi connectivity index (χ2v) is 7.97. The van der Waals surface area contributed by atoms with E-state index in [0.717, 1.165) is 12.8 Å². The highest BCUT2D eigenvalue weighted by Crippen LogP contribution is 2.23. The van der Waals surface area contributed by atoms with Gasteiger partial charge in [0.15, 0.2) is 6.29 Å². The molecule has 0 N–H and O–H groups in total. The summed E-state index contributed by atoms with van der Waals surface area (Å²) in [6.07, 6.45) is 20.2. The van der Waals surface area contributed by atoms with Crippen molar-refractivity contribution in [3.63, 3.8) is 0 Å². The van der Waals surface area contributed by atoms with Gasteiger partial charge in [0.05, 0.1) is 0 Å². The molecule has 0 atom stereocenters. The van der Waals surface area contributed by atoms with E-state index in [1.54, 1.807) is 0 Å². The van der Waals surface area contributed by atoms with Crippen LogP contribution in [-0.4, -0.2) is 14.7 Å². The molecular weight excluding hydrogens is 312 g/mol. The van der Waals surface area contributed by atoms with Crippen molar-refractivity contribution in [2.45, 2.75) is 116 Å². The van der Waals surface area contributed by atoms with Crippen LogP contribution in [0.1, 0.15) is 110 Å². The van der Waals surface area contributed by atoms with Crippen LogP contribution in [-0.2, 0) is 18.8 Å². The van der Waals surface area contributed by atoms with E-state index in [-0.39, 0.29) is 0 Å². The first-order chi connectivity index (χ1) is 11.1. The average molecular weight is 349 g/mol. The van der Waals surface area contributed by atoms with Crippen LogP contribution in [0.15, 0.2) is 0 Å². The molecule has 0 aromatic carbocycles. The van der Waals surface area contributed by atoms with Gasteiger partial charge in [0, 0.05) is 6.42 Å². The summed E-state index contributed by atoms with van der Waals surface area (Å²) < 4.78 is 30.4. The first kappa shape index (κ1) is 20.9. The van der Waals surface area contributed by atoms with Crippen LogP contribution >= 0.6 is 0 Å². The zero-order valence-corrected chi connectivity index (χ0v) is 15.7. The third-order valence-corrected chi connectivity index (χ3v) is 5.39. The van der Waals surface area contributed by atoms with E-state index in [0.29, 0.717) is 6.42 Å². The Hall–Kier alpha value is -0.130. The standard InChI is InChI=1S/C18H36O4S/c1-2-3-4-5-6-7-8-9-10-11-12-13-14-15-16-17-18-21-23(19,20)22-18/h18H,2-17H2,1H3. The third-order valence-electron chi connectivity index (χ3n) is 4.49. The van der Waals surface area contributed by atoms with Crippen molar-refractivity contribution in [1.29, 1.82) is 0 Å². The van der Waals surface area contributed by atoms with Crippen LogP contribution in [0.5, 0.6) is 0 Å². The summed E-state index contributed by atoms with van der Waals surface area (Å²) in [5, 5.41) is 0. The van der Waals surface area contributed by atoms with Crippen LogP contribution < -0.4 is 0 Å². The van der Waals surface area contributed by atoms with Crippen LogP contribution in [0.4, 0.5) is 0 Å². The summed E-state index contributed by atoms with van der Waals surface area (Å²) in [4.78, 5) is 0. The minimum absolute atomic E-state index is 0.512. The summed E-state index contributed by atoms with van der Waals surface area (Å²) >= 11 is 0. The Bertz CT molecular complexity index is 355. The van der Waals surface area contributed by atoms with Crippen LogP contribution in [0.3, 0.4) is 0 Å². The first-order valence-corrected chi connectivity index (χ1v) is 11.1. The molecule has 138 valence electrons. The summed E-state index contributed by atoms with van der Waals surface area (Å²) in [5.41, 5.74) is 0. The molecule has 0 radical (unpaired) electrons. The predicted octanol–water partition coefficient (Wildman–Crippen LogP) is 5.87. The van der Waals surface area contributed by atoms with Gasteiger partial charge in [-0.05, 0) is 6.42 Å². The molecule has 0 saturated carbocycles. The van der Waals surface area contributed by atoms with Crippen molar-refractivity contribution in [1.82, 2.24) is 0 Å². The Kier molecular flexibility index (Phi) is 12.0. The molecule has 1 rings (SSSR count). The molecule has 4 nitrogen and oxygen atoms in total. The van der Waals surface area contributed by atoms with Gasteiger partial charge in [-0.2, -0.15) is 8.42 Å². The highest BCUT2D eigenvalue weighted by molar-refractivity contribution is 7.82. The summed E-state index contributed by atoms with van der Waals surface area (Å²) in [6.45, 7) is 2.27. The number of unbranched alkanes of at least 4 members (excludes halogenated alkanes) is 14. The molecule has 0 bridgehead atoms. The average Bonchev–Trinajstić information content (AvgIpc) is 2.49. The topological polar surface area (TPSA) is 52.6 Å². The molecular formula is C18H36O4S. The Morgan fingerprint density at radius 3 is 1.30 bits per heavy atom. The molecule has 5 heteroatoms. The molecule has 0 amide bonds. The lowest BCUT2D eigenvalue weighted by Crippen LogP contribution is -2.35. The second kappa shape index (κ2) is 13.2. The van der Waals surface area contributed by atoms with E-state index in [4.69, 9.17) is 0 Å². The maximum Gasteiger partial charge on any atom is 0.404 e. The number of rotatable bonds is 16. The largest absolute Gasteiger partial charge is 0.404 e. The minimum Gasteiger partial charge on any atom is -0.215 e. The normalized spacial score (nSPS) is 17.3. The van der Waals surface area contributed by atoms with E-state index in [1.807, 2.05) is 0 Å².